The molecule has 0 spiro atoms. The van der Waals surface area contributed by atoms with Crippen LogP contribution >= 0.6 is 0 Å². The van der Waals surface area contributed by atoms with Crippen molar-refractivity contribution < 1.29 is 57.3 Å². The van der Waals surface area contributed by atoms with Crippen molar-refractivity contribution in [2.24, 2.45) is 0 Å². The van der Waals surface area contributed by atoms with Crippen molar-refractivity contribution in [2.75, 3.05) is 52.4 Å². The summed E-state index contributed by atoms with van der Waals surface area (Å²) in [6.45, 7) is 21.3. The Bertz CT molecular complexity index is 1310. The minimum atomic E-state index is -0.875. The average molecular weight is 769 g/mol. The molecule has 0 aromatic carbocycles. The molecule has 1 unspecified atom stereocenters. The van der Waals surface area contributed by atoms with E-state index in [0.29, 0.717) is 89.4 Å². The quantitative estimate of drug-likeness (QED) is 0.0546. The molecule has 0 aliphatic carbocycles. The van der Waals surface area contributed by atoms with Crippen LogP contribution in [0.2, 0.25) is 0 Å². The SMILES string of the molecule is CC(C)(C)OC(=O)CN1CCN(CCC(C)(C)OC=O)CC(CCCCC(=O)ON2C(=O)CCC2=O)(N(CCC(C)(C)OC=O)CC(=O)OC(C)(C)C)C1. The molecule has 2 heterocycles. The van der Waals surface area contributed by atoms with Crippen molar-refractivity contribution in [1.29, 1.82) is 0 Å². The average Bonchev–Trinajstić information content (AvgIpc) is 3.21. The van der Waals surface area contributed by atoms with Crippen molar-refractivity contribution in [1.82, 2.24) is 19.8 Å². The van der Waals surface area contributed by atoms with Gasteiger partial charge in [-0.2, -0.15) is 0 Å². The first-order chi connectivity index (χ1) is 24.9. The van der Waals surface area contributed by atoms with E-state index in [0.717, 1.165) is 0 Å². The van der Waals surface area contributed by atoms with Gasteiger partial charge in [0.1, 0.15) is 22.4 Å². The van der Waals surface area contributed by atoms with E-state index < -0.39 is 57.7 Å². The molecule has 2 fully saturated rings. The lowest BCUT2D eigenvalue weighted by Crippen LogP contribution is -2.62. The molecule has 0 bridgehead atoms. The lowest BCUT2D eigenvalue weighted by molar-refractivity contribution is -0.197. The van der Waals surface area contributed by atoms with Crippen molar-refractivity contribution in [3.63, 3.8) is 0 Å². The summed E-state index contributed by atoms with van der Waals surface area (Å²) >= 11 is 0. The third-order valence-electron chi connectivity index (χ3n) is 9.17. The zero-order valence-corrected chi connectivity index (χ0v) is 34.2. The van der Waals surface area contributed by atoms with Gasteiger partial charge in [-0.1, -0.05) is 6.42 Å². The number of nitrogens with zero attached hydrogens (tertiary/aromatic N) is 4. The van der Waals surface area contributed by atoms with Gasteiger partial charge in [-0.05, 0) is 94.9 Å². The van der Waals surface area contributed by atoms with Crippen LogP contribution in [0.25, 0.3) is 0 Å². The zero-order chi connectivity index (χ0) is 41.0. The molecule has 0 aromatic heterocycles. The molecule has 16 nitrogen and oxygen atoms in total. The number of carbonyl (C=O) groups excluding carboxylic acids is 7. The fourth-order valence-corrected chi connectivity index (χ4v) is 6.47. The lowest BCUT2D eigenvalue weighted by atomic mass is 9.87. The van der Waals surface area contributed by atoms with Crippen molar-refractivity contribution in [3.05, 3.63) is 0 Å². The number of hydrogen-bond donors (Lipinski definition) is 0. The van der Waals surface area contributed by atoms with Crippen LogP contribution in [0.3, 0.4) is 0 Å². The Morgan fingerprint density at radius 1 is 0.722 bits per heavy atom. The Kier molecular flexibility index (Phi) is 17.1. The number of imide groups is 1. The smallest absolute Gasteiger partial charge is 0.333 e. The van der Waals surface area contributed by atoms with Crippen LogP contribution in [0.15, 0.2) is 0 Å². The Morgan fingerprint density at radius 2 is 1.24 bits per heavy atom. The lowest BCUT2D eigenvalue weighted by Gasteiger charge is -2.47. The highest BCUT2D eigenvalue weighted by Crippen LogP contribution is 2.31. The van der Waals surface area contributed by atoms with Crippen molar-refractivity contribution in [3.8, 4) is 0 Å². The van der Waals surface area contributed by atoms with Crippen LogP contribution < -0.4 is 0 Å². The van der Waals surface area contributed by atoms with E-state index in [1.165, 1.54) is 0 Å². The number of hydrogen-bond acceptors (Lipinski definition) is 15. The summed E-state index contributed by atoms with van der Waals surface area (Å²) in [6, 6.07) is 0. The monoisotopic (exact) mass is 768 g/mol. The van der Waals surface area contributed by atoms with Crippen LogP contribution in [0.1, 0.15) is 121 Å². The molecule has 0 radical (unpaired) electrons. The van der Waals surface area contributed by atoms with Gasteiger partial charge in [-0.25, -0.2) is 4.79 Å². The summed E-state index contributed by atoms with van der Waals surface area (Å²) in [5.74, 6) is -2.70. The molecular formula is C38H64N4O12. The number of ether oxygens (including phenoxy) is 4. The van der Waals surface area contributed by atoms with Gasteiger partial charge in [-0.3, -0.25) is 38.6 Å². The van der Waals surface area contributed by atoms with E-state index in [9.17, 15) is 33.6 Å². The normalized spacial score (nSPS) is 19.4. The zero-order valence-electron chi connectivity index (χ0n) is 34.2. The molecule has 0 N–H and O–H groups in total. The van der Waals surface area contributed by atoms with Gasteiger partial charge in [0, 0.05) is 64.1 Å². The first-order valence-corrected chi connectivity index (χ1v) is 18.8. The number of unbranched alkanes of at least 4 members (excludes halogenated alkanes) is 1. The Morgan fingerprint density at radius 3 is 1.80 bits per heavy atom. The van der Waals surface area contributed by atoms with Gasteiger partial charge in [0.25, 0.3) is 24.8 Å². The van der Waals surface area contributed by atoms with Gasteiger partial charge < -0.3 is 28.7 Å². The predicted octanol–water partition coefficient (Wildman–Crippen LogP) is 3.18. The second-order valence-electron chi connectivity index (χ2n) is 17.5. The van der Waals surface area contributed by atoms with E-state index in [-0.39, 0.29) is 32.4 Å². The molecule has 0 aromatic rings. The number of amides is 2. The number of hydroxylamine groups is 2. The van der Waals surface area contributed by atoms with E-state index in [1.54, 1.807) is 55.4 Å². The van der Waals surface area contributed by atoms with Crippen LogP contribution in [-0.2, 0) is 57.3 Å². The summed E-state index contributed by atoms with van der Waals surface area (Å²) in [7, 11) is 0. The molecule has 16 heteroatoms. The molecule has 2 rings (SSSR count). The predicted molar refractivity (Wildman–Crippen MR) is 196 cm³/mol. The Hall–Kier alpha value is -3.63. The minimum Gasteiger partial charge on any atom is -0.462 e. The Labute approximate surface area is 320 Å². The van der Waals surface area contributed by atoms with Gasteiger partial charge in [-0.15, -0.1) is 5.06 Å². The molecule has 2 saturated heterocycles. The number of carbonyl (C=O) groups is 7. The highest BCUT2D eigenvalue weighted by molar-refractivity contribution is 6.01. The largest absolute Gasteiger partial charge is 0.462 e. The maximum Gasteiger partial charge on any atom is 0.333 e. The molecule has 2 amide bonds. The van der Waals surface area contributed by atoms with Crippen LogP contribution in [0, 0.1) is 0 Å². The van der Waals surface area contributed by atoms with Gasteiger partial charge >= 0.3 is 17.9 Å². The van der Waals surface area contributed by atoms with Crippen molar-refractivity contribution >= 4 is 42.7 Å². The highest BCUT2D eigenvalue weighted by Gasteiger charge is 2.44. The standard InChI is InChI=1S/C38H64N4O12/c1-34(2,3)52-32(48)23-40-22-21-39(19-17-36(7,8)50-27-43)25-38(26-40,16-12-11-13-31(47)54-42-29(45)14-15-30(42)46)41(20-18-37(9,10)51-28-44)24-33(49)53-35(4,5)6/h27-28H,11-26H2,1-10H3. The summed E-state index contributed by atoms with van der Waals surface area (Å²) in [6.07, 6.45) is 2.01. The summed E-state index contributed by atoms with van der Waals surface area (Å²) in [4.78, 5) is 97.7. The second-order valence-corrected chi connectivity index (χ2v) is 17.5. The second kappa shape index (κ2) is 19.8. The van der Waals surface area contributed by atoms with Crippen molar-refractivity contribution in [2.45, 2.75) is 149 Å². The maximum atomic E-state index is 13.6. The molecule has 2 aliphatic rings. The van der Waals surface area contributed by atoms with Crippen LogP contribution in [0.5, 0.6) is 0 Å². The first kappa shape index (κ1) is 46.5. The fourth-order valence-electron chi connectivity index (χ4n) is 6.47. The fraction of sp³-hybridized carbons (Fsp3) is 0.816. The van der Waals surface area contributed by atoms with Crippen LogP contribution in [0.4, 0.5) is 0 Å². The van der Waals surface area contributed by atoms with Crippen LogP contribution in [-0.4, -0.2) is 143 Å². The molecule has 2 aliphatic heterocycles. The highest BCUT2D eigenvalue weighted by atomic mass is 16.7. The molecular weight excluding hydrogens is 704 g/mol. The molecule has 0 saturated carbocycles. The number of rotatable bonds is 21. The summed E-state index contributed by atoms with van der Waals surface area (Å²) in [5.41, 5.74) is -3.94. The minimum absolute atomic E-state index is 0.00838. The topological polar surface area (TPSA) is 179 Å². The third kappa shape index (κ3) is 16.8. The first-order valence-electron chi connectivity index (χ1n) is 18.8. The van der Waals surface area contributed by atoms with Gasteiger partial charge in [0.05, 0.1) is 13.1 Å². The molecule has 54 heavy (non-hydrogen) atoms. The molecule has 308 valence electrons. The maximum absolute atomic E-state index is 13.6. The summed E-state index contributed by atoms with van der Waals surface area (Å²) < 4.78 is 22.3. The van der Waals surface area contributed by atoms with Gasteiger partial charge in [0.15, 0.2) is 0 Å². The third-order valence-corrected chi connectivity index (χ3v) is 9.17. The van der Waals surface area contributed by atoms with Gasteiger partial charge in [0.2, 0.25) is 0 Å². The summed E-state index contributed by atoms with van der Waals surface area (Å²) in [5, 5.41) is 0.531. The molecule has 1 atom stereocenters. The Balaban J connectivity index is 2.57. The van der Waals surface area contributed by atoms with E-state index in [4.69, 9.17) is 23.8 Å². The van der Waals surface area contributed by atoms with E-state index >= 15 is 0 Å². The van der Waals surface area contributed by atoms with E-state index in [2.05, 4.69) is 4.90 Å². The van der Waals surface area contributed by atoms with E-state index in [1.807, 2.05) is 23.6 Å². The number of esters is 2.